The van der Waals surface area contributed by atoms with Crippen LogP contribution in [-0.2, 0) is 32.6 Å². The second kappa shape index (κ2) is 7.97. The molecule has 0 spiro atoms. The lowest BCUT2D eigenvalue weighted by molar-refractivity contribution is 0.0978. The van der Waals surface area contributed by atoms with Crippen molar-refractivity contribution < 1.29 is 4.74 Å². The normalized spacial score (nSPS) is 20.4. The van der Waals surface area contributed by atoms with Gasteiger partial charge in [0.25, 0.3) is 0 Å². The highest BCUT2D eigenvalue weighted by Gasteiger charge is 2.20. The second-order valence-corrected chi connectivity index (χ2v) is 8.60. The molecule has 0 bridgehead atoms. The first-order valence-electron chi connectivity index (χ1n) is 10.6. The number of benzene rings is 1. The van der Waals surface area contributed by atoms with Crippen molar-refractivity contribution in [2.75, 3.05) is 32.8 Å². The number of rotatable bonds is 4. The van der Waals surface area contributed by atoms with Crippen molar-refractivity contribution >= 4 is 12.2 Å². The van der Waals surface area contributed by atoms with Crippen LogP contribution < -0.4 is 4.74 Å². The summed E-state index contributed by atoms with van der Waals surface area (Å²) in [4.78, 5) is 5.03. The first kappa shape index (κ1) is 18.3. The van der Waals surface area contributed by atoms with Gasteiger partial charge in [-0.2, -0.15) is 5.10 Å². The molecule has 1 aromatic heterocycles. The molecule has 0 amide bonds. The van der Waals surface area contributed by atoms with Crippen molar-refractivity contribution in [2.45, 2.75) is 51.9 Å². The largest absolute Gasteiger partial charge is 0.493 e. The van der Waals surface area contributed by atoms with E-state index in [4.69, 9.17) is 22.1 Å². The highest BCUT2D eigenvalue weighted by Crippen LogP contribution is 2.26. The van der Waals surface area contributed by atoms with E-state index >= 15 is 0 Å². The monoisotopic (exact) mass is 399 g/mol. The minimum absolute atomic E-state index is 0.822. The fourth-order valence-electron chi connectivity index (χ4n) is 4.59. The Hall–Kier alpha value is -1.70. The smallest absolute Gasteiger partial charge is 0.199 e. The molecule has 7 heteroatoms. The molecular formula is C21H29N5OS. The molecule has 0 unspecified atom stereocenters. The predicted octanol–water partition coefficient (Wildman–Crippen LogP) is 2.85. The van der Waals surface area contributed by atoms with E-state index in [1.54, 1.807) is 0 Å². The van der Waals surface area contributed by atoms with Gasteiger partial charge < -0.3 is 9.30 Å². The molecule has 4 heterocycles. The number of aromatic nitrogens is 3. The van der Waals surface area contributed by atoms with Gasteiger partial charge in [-0.15, -0.1) is 0 Å². The Kier molecular flexibility index (Phi) is 5.22. The molecule has 0 aliphatic carbocycles. The Morgan fingerprint density at radius 3 is 2.71 bits per heavy atom. The van der Waals surface area contributed by atoms with Gasteiger partial charge in [0.2, 0.25) is 0 Å². The van der Waals surface area contributed by atoms with E-state index in [2.05, 4.69) is 32.6 Å². The molecule has 0 N–H and O–H groups in total. The molecule has 28 heavy (non-hydrogen) atoms. The predicted molar refractivity (Wildman–Crippen MR) is 111 cm³/mol. The van der Waals surface area contributed by atoms with Gasteiger partial charge in [-0.1, -0.05) is 18.6 Å². The quantitative estimate of drug-likeness (QED) is 0.739. The number of ether oxygens (including phenoxy) is 1. The Bertz CT molecular complexity index is 897. The Morgan fingerprint density at radius 1 is 0.964 bits per heavy atom. The summed E-state index contributed by atoms with van der Waals surface area (Å²) in [5.41, 5.74) is 2.77. The van der Waals surface area contributed by atoms with E-state index in [1.807, 2.05) is 4.68 Å². The van der Waals surface area contributed by atoms with Crippen LogP contribution in [0.1, 0.15) is 36.2 Å². The summed E-state index contributed by atoms with van der Waals surface area (Å²) in [6.45, 7) is 8.03. The zero-order valence-corrected chi connectivity index (χ0v) is 17.3. The van der Waals surface area contributed by atoms with Crippen LogP contribution in [0.4, 0.5) is 0 Å². The summed E-state index contributed by atoms with van der Waals surface area (Å²) in [5.74, 6) is 2.26. The van der Waals surface area contributed by atoms with E-state index in [9.17, 15) is 0 Å². The van der Waals surface area contributed by atoms with Gasteiger partial charge in [-0.25, -0.2) is 4.68 Å². The van der Waals surface area contributed by atoms with Crippen LogP contribution in [0.3, 0.4) is 0 Å². The molecule has 0 saturated carbocycles. The van der Waals surface area contributed by atoms with Crippen molar-refractivity contribution in [3.63, 3.8) is 0 Å². The molecule has 1 fully saturated rings. The summed E-state index contributed by atoms with van der Waals surface area (Å²) in [6, 6.07) is 6.68. The Morgan fingerprint density at radius 2 is 1.82 bits per heavy atom. The van der Waals surface area contributed by atoms with Crippen molar-refractivity contribution in [1.29, 1.82) is 0 Å². The van der Waals surface area contributed by atoms with Crippen molar-refractivity contribution in [3.05, 3.63) is 39.9 Å². The maximum Gasteiger partial charge on any atom is 0.199 e. The van der Waals surface area contributed by atoms with Gasteiger partial charge in [0.1, 0.15) is 11.6 Å². The van der Waals surface area contributed by atoms with Crippen LogP contribution in [0.25, 0.3) is 0 Å². The summed E-state index contributed by atoms with van der Waals surface area (Å²) < 4.78 is 10.8. The molecule has 6 nitrogen and oxygen atoms in total. The first-order chi connectivity index (χ1) is 13.8. The van der Waals surface area contributed by atoms with Crippen molar-refractivity contribution in [2.24, 2.45) is 0 Å². The SMILES string of the molecule is S=c1n(CN2CCN(Cc3ccc4c(c3)CCO4)CC2)nc2n1CCCCC2. The van der Waals surface area contributed by atoms with Crippen LogP contribution in [0.15, 0.2) is 18.2 Å². The molecule has 2 aromatic rings. The number of nitrogens with zero attached hydrogens (tertiary/aromatic N) is 5. The molecule has 3 aliphatic rings. The average molecular weight is 400 g/mol. The Balaban J connectivity index is 1.17. The third kappa shape index (κ3) is 3.75. The zero-order chi connectivity index (χ0) is 18.9. The molecule has 0 atom stereocenters. The van der Waals surface area contributed by atoms with Crippen LogP contribution in [-0.4, -0.2) is 56.9 Å². The molecule has 1 aromatic carbocycles. The topological polar surface area (TPSA) is 38.5 Å². The van der Waals surface area contributed by atoms with Crippen molar-refractivity contribution in [1.82, 2.24) is 24.1 Å². The fraction of sp³-hybridized carbons (Fsp3) is 0.619. The van der Waals surface area contributed by atoms with Gasteiger partial charge >= 0.3 is 0 Å². The van der Waals surface area contributed by atoms with E-state index in [0.29, 0.717) is 0 Å². The second-order valence-electron chi connectivity index (χ2n) is 8.24. The number of aryl methyl sites for hydroxylation is 1. The van der Waals surface area contributed by atoms with Gasteiger partial charge in [0.05, 0.1) is 13.3 Å². The number of hydrogen-bond acceptors (Lipinski definition) is 5. The first-order valence-corrected chi connectivity index (χ1v) is 11.0. The average Bonchev–Trinajstić information content (AvgIpc) is 3.20. The van der Waals surface area contributed by atoms with Crippen LogP contribution in [0.5, 0.6) is 5.75 Å². The van der Waals surface area contributed by atoms with Gasteiger partial charge in [0, 0.05) is 52.1 Å². The maximum atomic E-state index is 5.71. The molecule has 5 rings (SSSR count). The maximum absolute atomic E-state index is 5.71. The zero-order valence-electron chi connectivity index (χ0n) is 16.5. The molecule has 1 saturated heterocycles. The number of piperazine rings is 1. The minimum Gasteiger partial charge on any atom is -0.493 e. The highest BCUT2D eigenvalue weighted by atomic mass is 32.1. The van der Waals surface area contributed by atoms with E-state index in [1.165, 1.54) is 36.2 Å². The lowest BCUT2D eigenvalue weighted by atomic mass is 10.1. The minimum atomic E-state index is 0.822. The highest BCUT2D eigenvalue weighted by molar-refractivity contribution is 7.71. The van der Waals surface area contributed by atoms with E-state index in [0.717, 1.165) is 75.9 Å². The van der Waals surface area contributed by atoms with Crippen LogP contribution in [0, 0.1) is 4.77 Å². The fourth-order valence-corrected chi connectivity index (χ4v) is 4.89. The molecule has 150 valence electrons. The summed E-state index contributed by atoms with van der Waals surface area (Å²) in [7, 11) is 0. The lowest BCUT2D eigenvalue weighted by Crippen LogP contribution is -2.46. The molecular weight excluding hydrogens is 370 g/mol. The van der Waals surface area contributed by atoms with Crippen molar-refractivity contribution in [3.8, 4) is 5.75 Å². The Labute approximate surface area is 171 Å². The van der Waals surface area contributed by atoms with Gasteiger partial charge in [-0.3, -0.25) is 9.80 Å². The summed E-state index contributed by atoms with van der Waals surface area (Å²) >= 11 is 5.71. The number of fused-ring (bicyclic) bond motifs is 2. The summed E-state index contributed by atoms with van der Waals surface area (Å²) in [6.07, 6.45) is 5.86. The van der Waals surface area contributed by atoms with Gasteiger partial charge in [-0.05, 0) is 42.3 Å². The third-order valence-electron chi connectivity index (χ3n) is 6.24. The lowest BCUT2D eigenvalue weighted by Gasteiger charge is -2.34. The molecule has 3 aliphatic heterocycles. The number of hydrogen-bond donors (Lipinski definition) is 0. The van der Waals surface area contributed by atoms with Crippen LogP contribution >= 0.6 is 12.2 Å². The van der Waals surface area contributed by atoms with E-state index < -0.39 is 0 Å². The summed E-state index contributed by atoms with van der Waals surface area (Å²) in [5, 5.41) is 4.83. The molecule has 0 radical (unpaired) electrons. The third-order valence-corrected chi connectivity index (χ3v) is 6.67. The van der Waals surface area contributed by atoms with Crippen LogP contribution in [0.2, 0.25) is 0 Å². The standard InChI is InChI=1S/C21H29N5OS/c28-21-25-8-3-1-2-4-20(25)22-26(21)16-24-11-9-23(10-12-24)15-17-5-6-19-18(14-17)7-13-27-19/h5-6,14H,1-4,7-13,15-16H2. The van der Waals surface area contributed by atoms with Gasteiger partial charge in [0.15, 0.2) is 4.77 Å². The van der Waals surface area contributed by atoms with E-state index in [-0.39, 0.29) is 0 Å².